The summed E-state index contributed by atoms with van der Waals surface area (Å²) in [5.41, 5.74) is 8.86. The van der Waals surface area contributed by atoms with Gasteiger partial charge in [0.25, 0.3) is 0 Å². The molecule has 0 aliphatic carbocycles. The first-order valence-corrected chi connectivity index (χ1v) is 6.88. The van der Waals surface area contributed by atoms with Crippen LogP contribution in [0.3, 0.4) is 0 Å². The van der Waals surface area contributed by atoms with Gasteiger partial charge in [-0.2, -0.15) is 4.98 Å². The van der Waals surface area contributed by atoms with Gasteiger partial charge in [0, 0.05) is 16.4 Å². The Morgan fingerprint density at radius 2 is 1.78 bits per heavy atom. The van der Waals surface area contributed by atoms with Crippen LogP contribution in [0.1, 0.15) is 11.1 Å². The number of anilines is 3. The Hall–Kier alpha value is -1.14. The van der Waals surface area contributed by atoms with E-state index in [9.17, 15) is 0 Å². The lowest BCUT2D eigenvalue weighted by Crippen LogP contribution is -2.01. The van der Waals surface area contributed by atoms with Gasteiger partial charge in [0.15, 0.2) is 0 Å². The van der Waals surface area contributed by atoms with Crippen LogP contribution in [0.15, 0.2) is 27.3 Å². The van der Waals surface area contributed by atoms with Gasteiger partial charge >= 0.3 is 0 Å². The quantitative estimate of drug-likeness (QED) is 0.838. The fourth-order valence-electron chi connectivity index (χ4n) is 1.62. The van der Waals surface area contributed by atoms with Crippen molar-refractivity contribution in [2.45, 2.75) is 13.8 Å². The summed E-state index contributed by atoms with van der Waals surface area (Å²) < 4.78 is 1.89. The number of nitrogens with one attached hydrogen (secondary N) is 1. The monoisotopic (exact) mass is 370 g/mol. The van der Waals surface area contributed by atoms with Crippen LogP contribution in [0.5, 0.6) is 0 Å². The van der Waals surface area contributed by atoms with Crippen molar-refractivity contribution in [1.29, 1.82) is 0 Å². The molecule has 1 aromatic carbocycles. The Bertz CT molecular complexity index is 576. The van der Waals surface area contributed by atoms with E-state index in [4.69, 9.17) is 5.73 Å². The van der Waals surface area contributed by atoms with Gasteiger partial charge in [-0.25, -0.2) is 4.98 Å². The standard InChI is InChI=1S/C12H12Br2N4/c1-6-3-8(4-7(2)10(6)14)17-11-9(13)5-16-12(15)18-11/h3-5H,1-2H3,(H3,15,16,17,18). The number of halogens is 2. The third kappa shape index (κ3) is 2.81. The van der Waals surface area contributed by atoms with Crippen molar-refractivity contribution in [3.63, 3.8) is 0 Å². The SMILES string of the molecule is Cc1cc(Nc2nc(N)ncc2Br)cc(C)c1Br. The summed E-state index contributed by atoms with van der Waals surface area (Å²) in [5.74, 6) is 0.898. The van der Waals surface area contributed by atoms with Gasteiger partial charge in [-0.3, -0.25) is 0 Å². The second kappa shape index (κ2) is 5.24. The van der Waals surface area contributed by atoms with Crippen LogP contribution in [0, 0.1) is 13.8 Å². The highest BCUT2D eigenvalue weighted by Gasteiger charge is 2.06. The van der Waals surface area contributed by atoms with Crippen molar-refractivity contribution in [2.24, 2.45) is 0 Å². The van der Waals surface area contributed by atoms with Crippen LogP contribution in [-0.4, -0.2) is 9.97 Å². The summed E-state index contributed by atoms with van der Waals surface area (Å²) >= 11 is 6.93. The fourth-order valence-corrected chi connectivity index (χ4v) is 2.14. The average Bonchev–Trinajstić information content (AvgIpc) is 2.31. The number of hydrogen-bond acceptors (Lipinski definition) is 4. The Labute approximate surface area is 122 Å². The molecule has 0 unspecified atom stereocenters. The minimum absolute atomic E-state index is 0.242. The maximum Gasteiger partial charge on any atom is 0.222 e. The Kier molecular flexibility index (Phi) is 3.87. The van der Waals surface area contributed by atoms with Crippen LogP contribution >= 0.6 is 31.9 Å². The van der Waals surface area contributed by atoms with Crippen molar-refractivity contribution in [1.82, 2.24) is 9.97 Å². The molecule has 1 aromatic heterocycles. The summed E-state index contributed by atoms with van der Waals surface area (Å²) in [6.07, 6.45) is 1.63. The third-order valence-electron chi connectivity index (χ3n) is 2.46. The van der Waals surface area contributed by atoms with E-state index in [0.29, 0.717) is 5.82 Å². The first-order valence-electron chi connectivity index (χ1n) is 5.29. The van der Waals surface area contributed by atoms with Gasteiger partial charge in [0.05, 0.1) is 4.47 Å². The molecule has 0 saturated carbocycles. The molecule has 0 fully saturated rings. The van der Waals surface area contributed by atoms with E-state index in [2.05, 4.69) is 47.1 Å². The molecule has 0 atom stereocenters. The number of benzene rings is 1. The maximum atomic E-state index is 5.57. The van der Waals surface area contributed by atoms with Crippen molar-refractivity contribution in [2.75, 3.05) is 11.1 Å². The van der Waals surface area contributed by atoms with Crippen molar-refractivity contribution >= 4 is 49.3 Å². The van der Waals surface area contributed by atoms with Gasteiger partial charge in [-0.15, -0.1) is 0 Å². The first kappa shape index (κ1) is 13.3. The molecule has 0 spiro atoms. The number of rotatable bonds is 2. The Morgan fingerprint density at radius 1 is 1.17 bits per heavy atom. The largest absolute Gasteiger partial charge is 0.368 e. The molecule has 0 radical (unpaired) electrons. The molecular weight excluding hydrogens is 360 g/mol. The van der Waals surface area contributed by atoms with Gasteiger partial charge in [0.1, 0.15) is 5.82 Å². The van der Waals surface area contributed by atoms with Crippen LogP contribution in [0.4, 0.5) is 17.5 Å². The van der Waals surface area contributed by atoms with Crippen molar-refractivity contribution in [3.05, 3.63) is 38.4 Å². The highest BCUT2D eigenvalue weighted by molar-refractivity contribution is 9.11. The van der Waals surface area contributed by atoms with Crippen molar-refractivity contribution in [3.8, 4) is 0 Å². The summed E-state index contributed by atoms with van der Waals surface area (Å²) in [5, 5.41) is 3.22. The summed E-state index contributed by atoms with van der Waals surface area (Å²) in [6.45, 7) is 4.09. The number of aromatic nitrogens is 2. The highest BCUT2D eigenvalue weighted by Crippen LogP contribution is 2.28. The van der Waals surface area contributed by atoms with Gasteiger partial charge < -0.3 is 11.1 Å². The molecule has 0 amide bonds. The fraction of sp³-hybridized carbons (Fsp3) is 0.167. The van der Waals surface area contributed by atoms with E-state index >= 15 is 0 Å². The molecule has 0 aliphatic heterocycles. The normalized spacial score (nSPS) is 10.4. The number of aryl methyl sites for hydroxylation is 2. The number of nitrogens with two attached hydrogens (primary N) is 1. The zero-order valence-corrected chi connectivity index (χ0v) is 13.1. The highest BCUT2D eigenvalue weighted by atomic mass is 79.9. The predicted octanol–water partition coefficient (Wildman–Crippen LogP) is 3.94. The molecule has 3 N–H and O–H groups in total. The van der Waals surface area contributed by atoms with E-state index in [1.807, 2.05) is 26.0 Å². The lowest BCUT2D eigenvalue weighted by atomic mass is 10.1. The smallest absolute Gasteiger partial charge is 0.222 e. The molecule has 4 nitrogen and oxygen atoms in total. The second-order valence-electron chi connectivity index (χ2n) is 3.97. The Morgan fingerprint density at radius 3 is 2.39 bits per heavy atom. The zero-order valence-electron chi connectivity index (χ0n) is 9.96. The van der Waals surface area contributed by atoms with Crippen LogP contribution in [0.2, 0.25) is 0 Å². The molecule has 2 aromatic rings. The van der Waals surface area contributed by atoms with E-state index in [-0.39, 0.29) is 5.95 Å². The van der Waals surface area contributed by atoms with Crippen molar-refractivity contribution < 1.29 is 0 Å². The van der Waals surface area contributed by atoms with Gasteiger partial charge in [0.2, 0.25) is 5.95 Å². The summed E-state index contributed by atoms with van der Waals surface area (Å²) in [4.78, 5) is 8.05. The van der Waals surface area contributed by atoms with E-state index in [1.54, 1.807) is 6.20 Å². The lowest BCUT2D eigenvalue weighted by Gasteiger charge is -2.11. The predicted molar refractivity (Wildman–Crippen MR) is 81.0 cm³/mol. The molecule has 1 heterocycles. The molecule has 6 heteroatoms. The van der Waals surface area contributed by atoms with Crippen LogP contribution in [-0.2, 0) is 0 Å². The molecular formula is C12H12Br2N4. The molecule has 18 heavy (non-hydrogen) atoms. The second-order valence-corrected chi connectivity index (χ2v) is 5.62. The molecule has 0 bridgehead atoms. The molecule has 2 rings (SSSR count). The van der Waals surface area contributed by atoms with Crippen LogP contribution < -0.4 is 11.1 Å². The number of nitrogens with zero attached hydrogens (tertiary/aromatic N) is 2. The lowest BCUT2D eigenvalue weighted by molar-refractivity contribution is 1.17. The number of hydrogen-bond donors (Lipinski definition) is 2. The van der Waals surface area contributed by atoms with E-state index < -0.39 is 0 Å². The molecule has 0 aliphatic rings. The van der Waals surface area contributed by atoms with E-state index in [0.717, 1.165) is 25.8 Å². The van der Waals surface area contributed by atoms with Gasteiger partial charge in [-0.05, 0) is 53.0 Å². The maximum absolute atomic E-state index is 5.57. The summed E-state index contributed by atoms with van der Waals surface area (Å²) in [7, 11) is 0. The average molecular weight is 372 g/mol. The molecule has 0 saturated heterocycles. The zero-order chi connectivity index (χ0) is 13.3. The third-order valence-corrected chi connectivity index (χ3v) is 4.29. The molecule has 94 valence electrons. The number of nitrogen functional groups attached to an aromatic ring is 1. The summed E-state index contributed by atoms with van der Waals surface area (Å²) in [6, 6.07) is 4.09. The minimum atomic E-state index is 0.242. The van der Waals surface area contributed by atoms with Gasteiger partial charge in [-0.1, -0.05) is 15.9 Å². The van der Waals surface area contributed by atoms with E-state index in [1.165, 1.54) is 0 Å². The van der Waals surface area contributed by atoms with Crippen LogP contribution in [0.25, 0.3) is 0 Å². The minimum Gasteiger partial charge on any atom is -0.368 e. The topological polar surface area (TPSA) is 63.8 Å². The first-order chi connectivity index (χ1) is 8.47. The Balaban J connectivity index is 2.37.